The van der Waals surface area contributed by atoms with E-state index in [0.717, 1.165) is 31.0 Å². The Hall–Kier alpha value is -1.89. The predicted octanol–water partition coefficient (Wildman–Crippen LogP) is 1.63. The molecule has 7 nitrogen and oxygen atoms in total. The van der Waals surface area contributed by atoms with Gasteiger partial charge in [-0.15, -0.1) is 5.10 Å². The van der Waals surface area contributed by atoms with Crippen LogP contribution in [0, 0.1) is 0 Å². The van der Waals surface area contributed by atoms with E-state index in [2.05, 4.69) is 41.5 Å². The lowest BCUT2D eigenvalue weighted by molar-refractivity contribution is 0.289. The minimum Gasteiger partial charge on any atom is -0.488 e. The first-order valence-corrected chi connectivity index (χ1v) is 7.45. The Morgan fingerprint density at radius 2 is 2.19 bits per heavy atom. The minimum absolute atomic E-state index is 0.343. The van der Waals surface area contributed by atoms with Crippen molar-refractivity contribution in [1.29, 1.82) is 0 Å². The first-order chi connectivity index (χ1) is 10.2. The van der Waals surface area contributed by atoms with Crippen molar-refractivity contribution in [3.63, 3.8) is 0 Å². The molecule has 0 saturated heterocycles. The molecular weight excluding hydrogens is 268 g/mol. The van der Waals surface area contributed by atoms with Gasteiger partial charge in [0.1, 0.15) is 6.61 Å². The van der Waals surface area contributed by atoms with Crippen LogP contribution < -0.4 is 10.1 Å². The summed E-state index contributed by atoms with van der Waals surface area (Å²) >= 11 is 0. The fourth-order valence-corrected chi connectivity index (χ4v) is 1.86. The summed E-state index contributed by atoms with van der Waals surface area (Å²) in [4.78, 5) is 0. The first kappa shape index (κ1) is 15.5. The first-order valence-electron chi connectivity index (χ1n) is 7.45. The minimum atomic E-state index is 0.343. The van der Waals surface area contributed by atoms with Gasteiger partial charge in [0.15, 0.2) is 5.75 Å². The van der Waals surface area contributed by atoms with Gasteiger partial charge in [0.2, 0.25) is 0 Å². The lowest BCUT2D eigenvalue weighted by Crippen LogP contribution is -2.14. The standard InChI is InChI=1S/C14H24N6O/c1-4-5-15-8-13-10-19(18-17-13)6-7-21-14-9-16-20(11-14)12(2)3/h9-12,15H,4-8H2,1-3H3. The fraction of sp³-hybridized carbons (Fsp3) is 0.643. The average Bonchev–Trinajstić information content (AvgIpc) is 3.09. The van der Waals surface area contributed by atoms with Crippen molar-refractivity contribution in [2.24, 2.45) is 0 Å². The van der Waals surface area contributed by atoms with Crippen LogP contribution in [0.15, 0.2) is 18.6 Å². The molecule has 0 fully saturated rings. The molecule has 2 aromatic heterocycles. The van der Waals surface area contributed by atoms with Crippen molar-refractivity contribution in [1.82, 2.24) is 30.1 Å². The second-order valence-corrected chi connectivity index (χ2v) is 5.25. The lowest BCUT2D eigenvalue weighted by Gasteiger charge is -2.04. The molecule has 7 heteroatoms. The highest BCUT2D eigenvalue weighted by Crippen LogP contribution is 2.12. The Bertz CT molecular complexity index is 533. The van der Waals surface area contributed by atoms with E-state index in [-0.39, 0.29) is 0 Å². The molecule has 0 aliphatic carbocycles. The van der Waals surface area contributed by atoms with Gasteiger partial charge in [-0.05, 0) is 26.8 Å². The van der Waals surface area contributed by atoms with Crippen LogP contribution in [0.5, 0.6) is 5.75 Å². The number of ether oxygens (including phenoxy) is 1. The van der Waals surface area contributed by atoms with Crippen molar-refractivity contribution in [3.8, 4) is 5.75 Å². The van der Waals surface area contributed by atoms with Crippen LogP contribution in [-0.4, -0.2) is 37.9 Å². The van der Waals surface area contributed by atoms with Crippen molar-refractivity contribution in [2.75, 3.05) is 13.2 Å². The van der Waals surface area contributed by atoms with Crippen LogP contribution in [0.25, 0.3) is 0 Å². The third-order valence-corrected chi connectivity index (χ3v) is 3.02. The molecule has 0 atom stereocenters. The van der Waals surface area contributed by atoms with Gasteiger partial charge in [-0.2, -0.15) is 5.10 Å². The molecule has 0 spiro atoms. The summed E-state index contributed by atoms with van der Waals surface area (Å²) in [6, 6.07) is 0.343. The molecule has 2 heterocycles. The Morgan fingerprint density at radius 3 is 2.90 bits per heavy atom. The molecule has 0 bridgehead atoms. The highest BCUT2D eigenvalue weighted by molar-refractivity contribution is 5.11. The van der Waals surface area contributed by atoms with Crippen LogP contribution in [0.3, 0.4) is 0 Å². The topological polar surface area (TPSA) is 69.8 Å². The average molecular weight is 292 g/mol. The Kier molecular flexibility index (Phi) is 5.74. The van der Waals surface area contributed by atoms with E-state index in [9.17, 15) is 0 Å². The summed E-state index contributed by atoms with van der Waals surface area (Å²) < 4.78 is 9.34. The molecule has 0 saturated carbocycles. The van der Waals surface area contributed by atoms with Gasteiger partial charge < -0.3 is 10.1 Å². The molecule has 116 valence electrons. The maximum absolute atomic E-state index is 5.66. The van der Waals surface area contributed by atoms with E-state index in [1.54, 1.807) is 10.9 Å². The van der Waals surface area contributed by atoms with Crippen molar-refractivity contribution < 1.29 is 4.74 Å². The zero-order valence-corrected chi connectivity index (χ0v) is 13.0. The van der Waals surface area contributed by atoms with Gasteiger partial charge in [0, 0.05) is 18.8 Å². The monoisotopic (exact) mass is 292 g/mol. The van der Waals surface area contributed by atoms with Crippen molar-refractivity contribution >= 4 is 0 Å². The van der Waals surface area contributed by atoms with E-state index < -0.39 is 0 Å². The molecule has 0 aliphatic rings. The Balaban J connectivity index is 1.72. The molecule has 2 aromatic rings. The summed E-state index contributed by atoms with van der Waals surface area (Å²) in [5, 5.41) is 15.7. The maximum atomic E-state index is 5.66. The SMILES string of the molecule is CCCNCc1cn(CCOc2cnn(C(C)C)c2)nn1. The summed E-state index contributed by atoms with van der Waals surface area (Å²) in [5.41, 5.74) is 0.955. The lowest BCUT2D eigenvalue weighted by atomic mass is 10.4. The normalized spacial score (nSPS) is 11.2. The van der Waals surface area contributed by atoms with Gasteiger partial charge >= 0.3 is 0 Å². The molecule has 0 aliphatic heterocycles. The second-order valence-electron chi connectivity index (χ2n) is 5.25. The van der Waals surface area contributed by atoms with Gasteiger partial charge in [-0.25, -0.2) is 4.68 Å². The van der Waals surface area contributed by atoms with E-state index in [0.29, 0.717) is 19.2 Å². The zero-order valence-electron chi connectivity index (χ0n) is 13.0. The van der Waals surface area contributed by atoms with E-state index in [1.807, 2.05) is 17.1 Å². The highest BCUT2D eigenvalue weighted by Gasteiger charge is 2.03. The fourth-order valence-electron chi connectivity index (χ4n) is 1.86. The Morgan fingerprint density at radius 1 is 1.33 bits per heavy atom. The van der Waals surface area contributed by atoms with E-state index >= 15 is 0 Å². The van der Waals surface area contributed by atoms with E-state index in [1.165, 1.54) is 0 Å². The summed E-state index contributed by atoms with van der Waals surface area (Å²) in [6.45, 7) is 9.29. The van der Waals surface area contributed by atoms with Crippen molar-refractivity contribution in [3.05, 3.63) is 24.3 Å². The van der Waals surface area contributed by atoms with Gasteiger partial charge in [0.05, 0.1) is 24.6 Å². The van der Waals surface area contributed by atoms with Crippen LogP contribution in [0.1, 0.15) is 38.9 Å². The van der Waals surface area contributed by atoms with Crippen LogP contribution in [0.2, 0.25) is 0 Å². The third kappa shape index (κ3) is 4.86. The van der Waals surface area contributed by atoms with E-state index in [4.69, 9.17) is 4.74 Å². The highest BCUT2D eigenvalue weighted by atomic mass is 16.5. The number of rotatable bonds is 9. The molecule has 21 heavy (non-hydrogen) atoms. The number of nitrogens with zero attached hydrogens (tertiary/aromatic N) is 5. The van der Waals surface area contributed by atoms with Crippen LogP contribution in [0.4, 0.5) is 0 Å². The molecule has 0 aromatic carbocycles. The molecule has 2 rings (SSSR count). The van der Waals surface area contributed by atoms with Gasteiger partial charge in [-0.3, -0.25) is 4.68 Å². The summed E-state index contributed by atoms with van der Waals surface area (Å²) in [6.07, 6.45) is 6.71. The zero-order chi connectivity index (χ0) is 15.1. The molecule has 0 radical (unpaired) electrons. The smallest absolute Gasteiger partial charge is 0.157 e. The maximum Gasteiger partial charge on any atom is 0.157 e. The molecule has 0 amide bonds. The quantitative estimate of drug-likeness (QED) is 0.711. The summed E-state index contributed by atoms with van der Waals surface area (Å²) in [7, 11) is 0. The number of aromatic nitrogens is 5. The Labute approximate surface area is 125 Å². The van der Waals surface area contributed by atoms with Crippen LogP contribution in [-0.2, 0) is 13.1 Å². The predicted molar refractivity (Wildman–Crippen MR) is 80.1 cm³/mol. The third-order valence-electron chi connectivity index (χ3n) is 3.02. The second kappa shape index (κ2) is 7.78. The van der Waals surface area contributed by atoms with Crippen LogP contribution >= 0.6 is 0 Å². The number of hydrogen-bond donors (Lipinski definition) is 1. The van der Waals surface area contributed by atoms with Crippen molar-refractivity contribution in [2.45, 2.75) is 46.3 Å². The molecular formula is C14H24N6O. The van der Waals surface area contributed by atoms with Gasteiger partial charge in [-0.1, -0.05) is 12.1 Å². The number of hydrogen-bond acceptors (Lipinski definition) is 5. The molecule has 0 unspecified atom stereocenters. The number of nitrogens with one attached hydrogen (secondary N) is 1. The van der Waals surface area contributed by atoms with Gasteiger partial charge in [0.25, 0.3) is 0 Å². The summed E-state index contributed by atoms with van der Waals surface area (Å²) in [5.74, 6) is 0.786. The largest absolute Gasteiger partial charge is 0.488 e. The molecule has 1 N–H and O–H groups in total.